The molecule has 36 heavy (non-hydrogen) atoms. The minimum absolute atomic E-state index is 0.0566. The van der Waals surface area contributed by atoms with Crippen LogP contribution in [-0.2, 0) is 19.6 Å². The van der Waals surface area contributed by atoms with E-state index in [0.29, 0.717) is 50.0 Å². The number of methoxy groups -OCH3 is 1. The molecule has 4 rings (SSSR count). The van der Waals surface area contributed by atoms with Crippen LogP contribution in [0.3, 0.4) is 0 Å². The number of likely N-dealkylation sites (N-methyl/N-ethyl adjacent to an activating group) is 1. The van der Waals surface area contributed by atoms with Crippen LogP contribution in [0.5, 0.6) is 11.5 Å². The fraction of sp³-hybridized carbons (Fsp3) is 0.379. The summed E-state index contributed by atoms with van der Waals surface area (Å²) in [6.45, 7) is 5.25. The van der Waals surface area contributed by atoms with Crippen molar-refractivity contribution in [2.45, 2.75) is 32.4 Å². The first-order valence-corrected chi connectivity index (χ1v) is 12.4. The van der Waals surface area contributed by atoms with Gasteiger partial charge in [0.25, 0.3) is 5.91 Å². The van der Waals surface area contributed by atoms with E-state index in [2.05, 4.69) is 42.2 Å². The summed E-state index contributed by atoms with van der Waals surface area (Å²) in [5.74, 6) is 1.60. The quantitative estimate of drug-likeness (QED) is 0.440. The fourth-order valence-electron chi connectivity index (χ4n) is 4.36. The number of ether oxygens (including phenoxy) is 2. The molecule has 2 heterocycles. The van der Waals surface area contributed by atoms with Crippen molar-refractivity contribution < 1.29 is 19.4 Å². The minimum atomic E-state index is -0.0566. The zero-order valence-electron chi connectivity index (χ0n) is 21.3. The normalized spacial score (nSPS) is 13.5. The van der Waals surface area contributed by atoms with Crippen LogP contribution in [0.15, 0.2) is 60.8 Å². The Morgan fingerprint density at radius 2 is 1.81 bits per heavy atom. The number of aliphatic hydroxyl groups is 1. The number of hydrogen-bond donors (Lipinski definition) is 1. The van der Waals surface area contributed by atoms with Gasteiger partial charge in [-0.2, -0.15) is 0 Å². The van der Waals surface area contributed by atoms with E-state index in [1.54, 1.807) is 13.3 Å². The number of carbonyl (C=O) groups is 1. The second kappa shape index (κ2) is 12.0. The van der Waals surface area contributed by atoms with Gasteiger partial charge in [0.05, 0.1) is 13.7 Å². The minimum Gasteiger partial charge on any atom is -0.493 e. The zero-order valence-corrected chi connectivity index (χ0v) is 21.3. The molecule has 0 unspecified atom stereocenters. The van der Waals surface area contributed by atoms with Gasteiger partial charge in [-0.05, 0) is 60.0 Å². The Labute approximate surface area is 213 Å². The van der Waals surface area contributed by atoms with Crippen LogP contribution >= 0.6 is 0 Å². The van der Waals surface area contributed by atoms with E-state index < -0.39 is 0 Å². The van der Waals surface area contributed by atoms with Crippen LogP contribution in [-0.4, -0.2) is 66.2 Å². The van der Waals surface area contributed by atoms with Crippen LogP contribution in [0, 0.1) is 0 Å². The van der Waals surface area contributed by atoms with Crippen molar-refractivity contribution in [3.8, 4) is 11.5 Å². The first-order valence-electron chi connectivity index (χ1n) is 12.4. The lowest BCUT2D eigenvalue weighted by Crippen LogP contribution is -2.48. The van der Waals surface area contributed by atoms with Crippen molar-refractivity contribution in [2.75, 3.05) is 40.4 Å². The number of amides is 1. The fourth-order valence-corrected chi connectivity index (χ4v) is 4.36. The molecule has 3 aromatic rings. The van der Waals surface area contributed by atoms with Crippen LogP contribution in [0.2, 0.25) is 0 Å². The summed E-state index contributed by atoms with van der Waals surface area (Å²) in [6, 6.07) is 18.2. The summed E-state index contributed by atoms with van der Waals surface area (Å²) >= 11 is 0. The highest BCUT2D eigenvalue weighted by molar-refractivity contribution is 5.93. The van der Waals surface area contributed by atoms with E-state index in [1.165, 1.54) is 5.56 Å². The molecular weight excluding hydrogens is 454 g/mol. The number of benzene rings is 2. The summed E-state index contributed by atoms with van der Waals surface area (Å²) in [5, 5.41) is 9.10. The topological polar surface area (TPSA) is 75.1 Å². The molecule has 190 valence electrons. The molecule has 0 atom stereocenters. The lowest BCUT2D eigenvalue weighted by atomic mass is 9.91. The maximum absolute atomic E-state index is 13.0. The third kappa shape index (κ3) is 6.22. The molecule has 1 N–H and O–H groups in total. The Kier molecular flexibility index (Phi) is 8.57. The van der Waals surface area contributed by atoms with Crippen LogP contribution in [0.1, 0.15) is 45.6 Å². The second-order valence-corrected chi connectivity index (χ2v) is 9.29. The molecule has 1 amide bonds. The number of aliphatic hydroxyl groups excluding tert-OH is 1. The number of rotatable bonds is 11. The van der Waals surface area contributed by atoms with E-state index in [1.807, 2.05) is 41.1 Å². The highest BCUT2D eigenvalue weighted by Crippen LogP contribution is 2.35. The van der Waals surface area contributed by atoms with Gasteiger partial charge in [-0.25, -0.2) is 0 Å². The average Bonchev–Trinajstić information content (AvgIpc) is 2.87. The molecule has 7 nitrogen and oxygen atoms in total. The third-order valence-corrected chi connectivity index (χ3v) is 6.63. The van der Waals surface area contributed by atoms with Crippen LogP contribution < -0.4 is 9.47 Å². The zero-order chi connectivity index (χ0) is 25.5. The standard InChI is InChI=1S/C29H35N3O4/c1-4-21-5-7-22(8-6-21)20-36-27-10-9-24(16-28(27)35-3)25-18-32(19-25)29(34)26-15-23(11-12-30-26)17-31(2)13-14-33/h5-12,15-16,25,33H,4,13-14,17-20H2,1-3H3. The molecule has 1 fully saturated rings. The van der Waals surface area contributed by atoms with Gasteiger partial charge in [-0.15, -0.1) is 0 Å². The summed E-state index contributed by atoms with van der Waals surface area (Å²) < 4.78 is 11.6. The SMILES string of the molecule is CCc1ccc(COc2ccc(C3CN(C(=O)c4cc(CN(C)CCO)ccn4)C3)cc2OC)cc1. The Morgan fingerprint density at radius 1 is 1.06 bits per heavy atom. The molecule has 1 aliphatic rings. The molecule has 0 bridgehead atoms. The molecular formula is C29H35N3O4. The number of carbonyl (C=O) groups excluding carboxylic acids is 1. The van der Waals surface area contributed by atoms with Crippen molar-refractivity contribution in [3.63, 3.8) is 0 Å². The van der Waals surface area contributed by atoms with E-state index in [9.17, 15) is 4.79 Å². The molecule has 2 aromatic carbocycles. The number of hydrogen-bond acceptors (Lipinski definition) is 6. The maximum atomic E-state index is 13.0. The first kappa shape index (κ1) is 25.7. The third-order valence-electron chi connectivity index (χ3n) is 6.63. The predicted octanol–water partition coefficient (Wildman–Crippen LogP) is 3.90. The van der Waals surface area contributed by atoms with Gasteiger partial charge < -0.3 is 19.5 Å². The molecule has 0 aliphatic carbocycles. The van der Waals surface area contributed by atoms with Crippen molar-refractivity contribution in [3.05, 3.63) is 88.7 Å². The van der Waals surface area contributed by atoms with E-state index in [-0.39, 0.29) is 18.4 Å². The largest absolute Gasteiger partial charge is 0.493 e. The van der Waals surface area contributed by atoms with Crippen molar-refractivity contribution in [1.29, 1.82) is 0 Å². The van der Waals surface area contributed by atoms with Crippen LogP contribution in [0.25, 0.3) is 0 Å². The summed E-state index contributed by atoms with van der Waals surface area (Å²) in [5.41, 5.74) is 5.01. The number of nitrogens with zero attached hydrogens (tertiary/aromatic N) is 3. The van der Waals surface area contributed by atoms with Gasteiger partial charge in [0, 0.05) is 38.3 Å². The number of likely N-dealkylation sites (tertiary alicyclic amines) is 1. The lowest BCUT2D eigenvalue weighted by molar-refractivity contribution is 0.0595. The Balaban J connectivity index is 1.34. The molecule has 0 radical (unpaired) electrons. The Morgan fingerprint density at radius 3 is 2.50 bits per heavy atom. The molecule has 0 spiro atoms. The first-order chi connectivity index (χ1) is 17.5. The molecule has 7 heteroatoms. The maximum Gasteiger partial charge on any atom is 0.272 e. The number of pyridine rings is 1. The molecule has 0 saturated carbocycles. The van der Waals surface area contributed by atoms with E-state index in [0.717, 1.165) is 23.1 Å². The number of aromatic nitrogens is 1. The lowest BCUT2D eigenvalue weighted by Gasteiger charge is -2.39. The average molecular weight is 490 g/mol. The van der Waals surface area contributed by atoms with E-state index in [4.69, 9.17) is 14.6 Å². The highest BCUT2D eigenvalue weighted by Gasteiger charge is 2.33. The van der Waals surface area contributed by atoms with Gasteiger partial charge in [-0.1, -0.05) is 37.3 Å². The van der Waals surface area contributed by atoms with Crippen molar-refractivity contribution in [2.24, 2.45) is 0 Å². The Bertz CT molecular complexity index is 1160. The van der Waals surface area contributed by atoms with Gasteiger partial charge in [0.1, 0.15) is 12.3 Å². The van der Waals surface area contributed by atoms with Crippen molar-refractivity contribution >= 4 is 5.91 Å². The molecule has 1 saturated heterocycles. The summed E-state index contributed by atoms with van der Waals surface area (Å²) in [6.07, 6.45) is 2.70. The van der Waals surface area contributed by atoms with Gasteiger partial charge >= 0.3 is 0 Å². The summed E-state index contributed by atoms with van der Waals surface area (Å²) in [4.78, 5) is 21.1. The Hall–Kier alpha value is -3.42. The highest BCUT2D eigenvalue weighted by atomic mass is 16.5. The van der Waals surface area contributed by atoms with E-state index >= 15 is 0 Å². The predicted molar refractivity (Wildman–Crippen MR) is 139 cm³/mol. The molecule has 1 aromatic heterocycles. The number of aryl methyl sites for hydroxylation is 1. The van der Waals surface area contributed by atoms with Gasteiger partial charge in [-0.3, -0.25) is 14.7 Å². The smallest absolute Gasteiger partial charge is 0.272 e. The monoisotopic (exact) mass is 489 g/mol. The second-order valence-electron chi connectivity index (χ2n) is 9.29. The summed E-state index contributed by atoms with van der Waals surface area (Å²) in [7, 11) is 3.58. The van der Waals surface area contributed by atoms with Gasteiger partial charge in [0.15, 0.2) is 11.5 Å². The van der Waals surface area contributed by atoms with Crippen molar-refractivity contribution in [1.82, 2.24) is 14.8 Å². The van der Waals surface area contributed by atoms with Crippen LogP contribution in [0.4, 0.5) is 0 Å². The molecule has 1 aliphatic heterocycles. The van der Waals surface area contributed by atoms with Gasteiger partial charge in [0.2, 0.25) is 0 Å².